The maximum atomic E-state index is 13.8. The van der Waals surface area contributed by atoms with E-state index in [4.69, 9.17) is 4.74 Å². The number of ether oxygens (including phenoxy) is 1. The lowest BCUT2D eigenvalue weighted by molar-refractivity contribution is 0.0651. The second-order valence-electron chi connectivity index (χ2n) is 7.82. The van der Waals surface area contributed by atoms with E-state index in [0.717, 1.165) is 0 Å². The van der Waals surface area contributed by atoms with Gasteiger partial charge in [0.1, 0.15) is 6.61 Å². The van der Waals surface area contributed by atoms with Crippen LogP contribution in [0.2, 0.25) is 0 Å². The van der Waals surface area contributed by atoms with Crippen LogP contribution in [0.1, 0.15) is 58.5 Å². The zero-order chi connectivity index (χ0) is 24.0. The van der Waals surface area contributed by atoms with Gasteiger partial charge in [-0.2, -0.15) is 0 Å². The van der Waals surface area contributed by atoms with Crippen molar-refractivity contribution < 1.29 is 27.1 Å². The van der Waals surface area contributed by atoms with Gasteiger partial charge in [-0.05, 0) is 49.6 Å². The summed E-state index contributed by atoms with van der Waals surface area (Å²) in [6.45, 7) is 5.58. The molecule has 0 saturated heterocycles. The van der Waals surface area contributed by atoms with Crippen molar-refractivity contribution in [1.82, 2.24) is 9.62 Å². The molecule has 0 fully saturated rings. The van der Waals surface area contributed by atoms with Crippen LogP contribution in [0, 0.1) is 5.82 Å². The molecule has 1 heterocycles. The van der Waals surface area contributed by atoms with Gasteiger partial charge in [-0.1, -0.05) is 37.3 Å². The highest BCUT2D eigenvalue weighted by molar-refractivity contribution is 7.89. The van der Waals surface area contributed by atoms with Crippen molar-refractivity contribution in [2.45, 2.75) is 32.2 Å². The molecule has 0 saturated carbocycles. The Labute approximate surface area is 193 Å². The number of fused-ring (bicyclic) bond motifs is 1. The Bertz CT molecular complexity index is 1110. The quantitative estimate of drug-likeness (QED) is 0.287. The summed E-state index contributed by atoms with van der Waals surface area (Å²) in [5.41, 5.74) is 1.38. The minimum atomic E-state index is -3.58. The second kappa shape index (κ2) is 10.7. The maximum absolute atomic E-state index is 13.8. The number of hydrogen-bond acceptors (Lipinski definition) is 5. The van der Waals surface area contributed by atoms with E-state index in [-0.39, 0.29) is 36.5 Å². The normalized spacial score (nSPS) is 14.3. The molecule has 0 radical (unpaired) electrons. The first-order chi connectivity index (χ1) is 15.7. The zero-order valence-corrected chi connectivity index (χ0v) is 19.2. The Kier molecular flexibility index (Phi) is 7.99. The minimum Gasteiger partial charge on any atom is -0.486 e. The molecule has 176 valence electrons. The Morgan fingerprint density at radius 1 is 1.09 bits per heavy atom. The monoisotopic (exact) mass is 474 g/mol. The molecular weight excluding hydrogens is 447 g/mol. The van der Waals surface area contributed by atoms with Crippen molar-refractivity contribution in [2.75, 3.05) is 18.9 Å². The Hall–Kier alpha value is -3.04. The second-order valence-corrected chi connectivity index (χ2v) is 9.69. The number of imide groups is 1. The predicted octanol–water partition coefficient (Wildman–Crippen LogP) is 3.84. The Balaban J connectivity index is 1.46. The first kappa shape index (κ1) is 24.6. The zero-order valence-electron chi connectivity index (χ0n) is 18.4. The van der Waals surface area contributed by atoms with Crippen LogP contribution in [-0.2, 0) is 10.0 Å². The molecule has 2 aromatic carbocycles. The van der Waals surface area contributed by atoms with E-state index in [0.29, 0.717) is 36.0 Å². The number of carbonyl (C=O) groups is 2. The molecule has 9 heteroatoms. The predicted molar refractivity (Wildman–Crippen MR) is 123 cm³/mol. The van der Waals surface area contributed by atoms with Crippen LogP contribution < -0.4 is 9.46 Å². The molecule has 1 aliphatic heterocycles. The van der Waals surface area contributed by atoms with Gasteiger partial charge in [0.15, 0.2) is 11.6 Å². The third-order valence-corrected chi connectivity index (χ3v) is 6.88. The van der Waals surface area contributed by atoms with Crippen LogP contribution >= 0.6 is 0 Å². The Morgan fingerprint density at radius 3 is 2.39 bits per heavy atom. The molecule has 1 aliphatic rings. The summed E-state index contributed by atoms with van der Waals surface area (Å²) in [6.07, 6.45) is 2.92. The van der Waals surface area contributed by atoms with E-state index in [1.807, 2.05) is 0 Å². The maximum Gasteiger partial charge on any atom is 0.261 e. The number of rotatable bonds is 12. The topological polar surface area (TPSA) is 92.8 Å². The highest BCUT2D eigenvalue weighted by Crippen LogP contribution is 2.24. The van der Waals surface area contributed by atoms with E-state index < -0.39 is 21.9 Å². The smallest absolute Gasteiger partial charge is 0.261 e. The number of sulfonamides is 1. The molecule has 0 aromatic heterocycles. The number of halogens is 1. The average Bonchev–Trinajstić information content (AvgIpc) is 3.03. The van der Waals surface area contributed by atoms with Gasteiger partial charge in [0.05, 0.1) is 16.9 Å². The summed E-state index contributed by atoms with van der Waals surface area (Å²) in [5.74, 6) is -1.22. The SMILES string of the molecule is C=CCOc1cc(C(C)NS(=O)(=O)CCCCCN2C(=O)c3ccccc3C2=O)ccc1F. The highest BCUT2D eigenvalue weighted by atomic mass is 32.2. The molecule has 0 spiro atoms. The van der Waals surface area contributed by atoms with Crippen molar-refractivity contribution in [3.05, 3.63) is 77.6 Å². The van der Waals surface area contributed by atoms with E-state index in [1.54, 1.807) is 31.2 Å². The lowest BCUT2D eigenvalue weighted by Gasteiger charge is -2.16. The summed E-state index contributed by atoms with van der Waals surface area (Å²) in [5, 5.41) is 0. The van der Waals surface area contributed by atoms with Crippen molar-refractivity contribution in [2.24, 2.45) is 0 Å². The van der Waals surface area contributed by atoms with Crippen LogP contribution in [-0.4, -0.2) is 44.0 Å². The van der Waals surface area contributed by atoms with E-state index in [2.05, 4.69) is 11.3 Å². The fourth-order valence-corrected chi connectivity index (χ4v) is 5.00. The van der Waals surface area contributed by atoms with E-state index in [9.17, 15) is 22.4 Å². The largest absolute Gasteiger partial charge is 0.486 e. The van der Waals surface area contributed by atoms with E-state index >= 15 is 0 Å². The van der Waals surface area contributed by atoms with Crippen molar-refractivity contribution in [3.8, 4) is 5.75 Å². The lowest BCUT2D eigenvalue weighted by atomic mass is 10.1. The standard InChI is InChI=1S/C24H27FN2O5S/c1-3-14-32-22-16-18(11-12-21(22)25)17(2)26-33(30,31)15-8-4-7-13-27-23(28)19-9-5-6-10-20(19)24(27)29/h3,5-6,9-12,16-17,26H,1,4,7-8,13-15H2,2H3. The highest BCUT2D eigenvalue weighted by Gasteiger charge is 2.34. The molecule has 1 unspecified atom stereocenters. The average molecular weight is 475 g/mol. The first-order valence-electron chi connectivity index (χ1n) is 10.7. The third kappa shape index (κ3) is 6.06. The van der Waals surface area contributed by atoms with Gasteiger partial charge in [0.2, 0.25) is 10.0 Å². The van der Waals surface area contributed by atoms with E-state index in [1.165, 1.54) is 29.2 Å². The number of hydrogen-bond donors (Lipinski definition) is 1. The fourth-order valence-electron chi connectivity index (χ4n) is 3.63. The van der Waals surface area contributed by atoms with Crippen LogP contribution in [0.15, 0.2) is 55.1 Å². The van der Waals surface area contributed by atoms with Crippen LogP contribution in [0.3, 0.4) is 0 Å². The molecule has 0 aliphatic carbocycles. The summed E-state index contributed by atoms with van der Waals surface area (Å²) >= 11 is 0. The summed E-state index contributed by atoms with van der Waals surface area (Å²) in [4.78, 5) is 25.9. The fraction of sp³-hybridized carbons (Fsp3) is 0.333. The van der Waals surface area contributed by atoms with Crippen molar-refractivity contribution in [1.29, 1.82) is 0 Å². The third-order valence-electron chi connectivity index (χ3n) is 5.34. The molecule has 3 rings (SSSR count). The van der Waals surface area contributed by atoms with Gasteiger partial charge in [0, 0.05) is 12.6 Å². The summed E-state index contributed by atoms with van der Waals surface area (Å²) in [6, 6.07) is 10.3. The summed E-state index contributed by atoms with van der Waals surface area (Å²) < 4.78 is 46.6. The van der Waals surface area contributed by atoms with Gasteiger partial charge in [0.25, 0.3) is 11.8 Å². The van der Waals surface area contributed by atoms with Crippen molar-refractivity contribution >= 4 is 21.8 Å². The van der Waals surface area contributed by atoms with Gasteiger partial charge in [-0.25, -0.2) is 17.5 Å². The lowest BCUT2D eigenvalue weighted by Crippen LogP contribution is -2.31. The van der Waals surface area contributed by atoms with Gasteiger partial charge in [-0.3, -0.25) is 14.5 Å². The minimum absolute atomic E-state index is 0.0339. The first-order valence-corrected chi connectivity index (χ1v) is 12.4. The molecule has 2 amide bonds. The number of nitrogens with one attached hydrogen (secondary N) is 1. The summed E-state index contributed by atoms with van der Waals surface area (Å²) in [7, 11) is -3.58. The number of nitrogens with zero attached hydrogens (tertiary/aromatic N) is 1. The molecule has 7 nitrogen and oxygen atoms in total. The number of amides is 2. The Morgan fingerprint density at radius 2 is 1.76 bits per heavy atom. The molecule has 1 atom stereocenters. The number of unbranched alkanes of at least 4 members (excludes halogenated alkanes) is 2. The van der Waals surface area contributed by atoms with Crippen LogP contribution in [0.25, 0.3) is 0 Å². The molecule has 2 aromatic rings. The number of carbonyl (C=O) groups excluding carboxylic acids is 2. The molecular formula is C24H27FN2O5S. The van der Waals surface area contributed by atoms with Crippen molar-refractivity contribution in [3.63, 3.8) is 0 Å². The van der Waals surface area contributed by atoms with Gasteiger partial charge in [-0.15, -0.1) is 0 Å². The number of benzene rings is 2. The van der Waals surface area contributed by atoms with Gasteiger partial charge >= 0.3 is 0 Å². The molecule has 33 heavy (non-hydrogen) atoms. The molecule has 1 N–H and O–H groups in total. The van der Waals surface area contributed by atoms with Crippen LogP contribution in [0.4, 0.5) is 4.39 Å². The molecule has 0 bridgehead atoms. The van der Waals surface area contributed by atoms with Crippen LogP contribution in [0.5, 0.6) is 5.75 Å². The van der Waals surface area contributed by atoms with Gasteiger partial charge < -0.3 is 4.74 Å².